The molecular weight excluding hydrogens is 556 g/mol. The van der Waals surface area contributed by atoms with Crippen molar-refractivity contribution in [3.8, 4) is 0 Å². The zero-order valence-corrected chi connectivity index (χ0v) is 25.8. The zero-order chi connectivity index (χ0) is 30.5. The molecule has 6 N–H and O–H groups in total. The van der Waals surface area contributed by atoms with Gasteiger partial charge >= 0.3 is 0 Å². The van der Waals surface area contributed by atoms with Crippen LogP contribution in [0.15, 0.2) is 11.6 Å². The van der Waals surface area contributed by atoms with Crippen molar-refractivity contribution >= 4 is 0 Å². The molecule has 3 saturated carbocycles. The van der Waals surface area contributed by atoms with Gasteiger partial charge in [-0.2, -0.15) is 0 Å². The fourth-order valence-electron chi connectivity index (χ4n) is 11.1. The summed E-state index contributed by atoms with van der Waals surface area (Å²) >= 11 is 0. The maximum atomic E-state index is 12.6. The van der Waals surface area contributed by atoms with E-state index in [4.69, 9.17) is 18.9 Å². The van der Waals surface area contributed by atoms with Crippen molar-refractivity contribution in [1.82, 2.24) is 0 Å². The van der Waals surface area contributed by atoms with Crippen molar-refractivity contribution in [1.29, 1.82) is 0 Å². The van der Waals surface area contributed by atoms with Gasteiger partial charge in [0.2, 0.25) is 0 Å². The molecule has 7 rings (SSSR count). The molecule has 3 heterocycles. The lowest BCUT2D eigenvalue weighted by atomic mass is 9.46. The Morgan fingerprint density at radius 1 is 0.953 bits per heavy atom. The van der Waals surface area contributed by atoms with Gasteiger partial charge in [-0.3, -0.25) is 0 Å². The van der Waals surface area contributed by atoms with E-state index in [-0.39, 0.29) is 41.5 Å². The first-order chi connectivity index (χ1) is 20.4. The molecule has 43 heavy (non-hydrogen) atoms. The molecule has 7 aliphatic rings. The van der Waals surface area contributed by atoms with Crippen LogP contribution in [0.3, 0.4) is 0 Å². The van der Waals surface area contributed by atoms with Crippen LogP contribution in [0.4, 0.5) is 0 Å². The highest BCUT2D eigenvalue weighted by Gasteiger charge is 2.76. The van der Waals surface area contributed by atoms with Crippen LogP contribution in [-0.2, 0) is 18.9 Å². The van der Waals surface area contributed by atoms with Gasteiger partial charge in [-0.15, -0.1) is 0 Å². The summed E-state index contributed by atoms with van der Waals surface area (Å²) in [5.41, 5.74) is 0.201. The second kappa shape index (κ2) is 10.7. The Morgan fingerprint density at radius 3 is 2.44 bits per heavy atom. The van der Waals surface area contributed by atoms with Crippen LogP contribution < -0.4 is 0 Å². The van der Waals surface area contributed by atoms with Gasteiger partial charge in [-0.05, 0) is 74.5 Å². The van der Waals surface area contributed by atoms with Crippen LogP contribution in [0.2, 0.25) is 0 Å². The Morgan fingerprint density at radius 2 is 1.74 bits per heavy atom. The standard InChI is InChI=1S/C33H52O10/c1-17-32(11-6-18(14-34)16-40-32)43-25-13-23-21-5-4-19-12-20(41-29-28(38)27(37)26(36)24(15-35)42-29)7-9-30(19,2)22(21)8-10-31(23,3)33(17,25)39/h4,17-18,20-29,34-39H,5-16H2,1-3H3/t17-,18+,20+,21-,22+,23+,24-,25+,26+,27+,28-,29-,30+,31+,32-,33-/m1/s1. The Kier molecular flexibility index (Phi) is 7.70. The van der Waals surface area contributed by atoms with E-state index in [1.165, 1.54) is 5.57 Å². The number of fused-ring (bicyclic) bond motifs is 7. The molecular formula is C33H52O10. The summed E-state index contributed by atoms with van der Waals surface area (Å²) in [6.07, 6.45) is 3.45. The van der Waals surface area contributed by atoms with Crippen LogP contribution in [0.5, 0.6) is 0 Å². The van der Waals surface area contributed by atoms with Gasteiger partial charge in [0.25, 0.3) is 0 Å². The van der Waals surface area contributed by atoms with Crippen molar-refractivity contribution in [2.75, 3.05) is 19.8 Å². The maximum Gasteiger partial charge on any atom is 0.186 e. The van der Waals surface area contributed by atoms with E-state index >= 15 is 0 Å². The molecule has 0 aromatic rings. The van der Waals surface area contributed by atoms with Gasteiger partial charge in [0.15, 0.2) is 12.1 Å². The van der Waals surface area contributed by atoms with E-state index in [2.05, 4.69) is 26.8 Å². The summed E-state index contributed by atoms with van der Waals surface area (Å²) in [4.78, 5) is 0. The molecule has 0 amide bonds. The first-order valence-electron chi connectivity index (χ1n) is 16.7. The molecule has 4 aliphatic carbocycles. The van der Waals surface area contributed by atoms with Crippen molar-refractivity contribution < 1.29 is 49.6 Å². The summed E-state index contributed by atoms with van der Waals surface area (Å²) in [6, 6.07) is 0. The van der Waals surface area contributed by atoms with E-state index in [0.717, 1.165) is 51.4 Å². The van der Waals surface area contributed by atoms with E-state index in [9.17, 15) is 30.6 Å². The molecule has 1 spiro atoms. The van der Waals surface area contributed by atoms with Gasteiger partial charge in [0.05, 0.1) is 25.4 Å². The summed E-state index contributed by atoms with van der Waals surface area (Å²) in [5.74, 6) is 0.548. The number of allylic oxidation sites excluding steroid dienone is 1. The summed E-state index contributed by atoms with van der Waals surface area (Å²) in [7, 11) is 0. The van der Waals surface area contributed by atoms with Gasteiger partial charge < -0.3 is 49.6 Å². The van der Waals surface area contributed by atoms with Crippen LogP contribution in [0.1, 0.15) is 78.6 Å². The smallest absolute Gasteiger partial charge is 0.186 e. The molecule has 0 aromatic heterocycles. The molecule has 0 bridgehead atoms. The van der Waals surface area contributed by atoms with E-state index in [1.54, 1.807) is 0 Å². The van der Waals surface area contributed by atoms with Gasteiger partial charge in [-0.25, -0.2) is 0 Å². The lowest BCUT2D eigenvalue weighted by Crippen LogP contribution is -2.60. The Bertz CT molecular complexity index is 1090. The normalized spacial score (nSPS) is 57.9. The Labute approximate surface area is 254 Å². The number of aliphatic hydroxyl groups is 6. The fraction of sp³-hybridized carbons (Fsp3) is 0.939. The summed E-state index contributed by atoms with van der Waals surface area (Å²) < 4.78 is 24.9. The van der Waals surface area contributed by atoms with E-state index in [1.807, 2.05) is 0 Å². The van der Waals surface area contributed by atoms with Crippen molar-refractivity contribution in [3.05, 3.63) is 11.6 Å². The van der Waals surface area contributed by atoms with Crippen LogP contribution in [0, 0.1) is 40.4 Å². The van der Waals surface area contributed by atoms with Gasteiger partial charge in [0.1, 0.15) is 30.0 Å². The molecule has 0 aromatic carbocycles. The molecule has 3 saturated heterocycles. The highest BCUT2D eigenvalue weighted by molar-refractivity contribution is 5.29. The SMILES string of the molecule is C[C@@H]1[C@@]2(CC[C@@H](CO)CO2)O[C@H]2C[C@H]3[C@@H]4CC=C5C[C@@H](O[C@@H]6O[C@H](CO)[C@H](O)[C@H](O)[C@H]6O)CC[C@]5(C)[C@H]4CC[C@]3(C)[C@]21O. The topological polar surface area (TPSA) is 158 Å². The minimum Gasteiger partial charge on any atom is -0.396 e. The number of hydrogen-bond acceptors (Lipinski definition) is 10. The van der Waals surface area contributed by atoms with Crippen LogP contribution in [-0.4, -0.2) is 105 Å². The highest BCUT2D eigenvalue weighted by Crippen LogP contribution is 2.72. The zero-order valence-electron chi connectivity index (χ0n) is 25.8. The molecule has 3 aliphatic heterocycles. The third-order valence-corrected chi connectivity index (χ3v) is 13.9. The Hall–Kier alpha value is -0.660. The predicted octanol–water partition coefficient (Wildman–Crippen LogP) is 1.63. The second-order valence-corrected chi connectivity index (χ2v) is 15.5. The minimum absolute atomic E-state index is 0.0271. The van der Waals surface area contributed by atoms with E-state index in [0.29, 0.717) is 30.8 Å². The molecule has 0 radical (unpaired) electrons. The molecule has 16 atom stereocenters. The average molecular weight is 609 g/mol. The van der Waals surface area contributed by atoms with Crippen molar-refractivity contribution in [3.63, 3.8) is 0 Å². The number of hydrogen-bond donors (Lipinski definition) is 6. The summed E-state index contributed by atoms with van der Waals surface area (Å²) in [5, 5.41) is 62.6. The first-order valence-corrected chi connectivity index (χ1v) is 16.7. The van der Waals surface area contributed by atoms with E-state index < -0.39 is 48.7 Å². The third kappa shape index (κ3) is 4.27. The molecule has 10 nitrogen and oxygen atoms in total. The first kappa shape index (κ1) is 31.0. The van der Waals surface area contributed by atoms with Crippen LogP contribution in [0.25, 0.3) is 0 Å². The number of aliphatic hydroxyl groups excluding tert-OH is 5. The third-order valence-electron chi connectivity index (χ3n) is 13.9. The molecule has 244 valence electrons. The van der Waals surface area contributed by atoms with Crippen molar-refractivity contribution in [2.45, 2.75) is 133 Å². The van der Waals surface area contributed by atoms with Crippen LogP contribution >= 0.6 is 0 Å². The number of ether oxygens (including phenoxy) is 4. The lowest BCUT2D eigenvalue weighted by molar-refractivity contribution is -0.313. The van der Waals surface area contributed by atoms with Gasteiger partial charge in [-0.1, -0.05) is 32.4 Å². The second-order valence-electron chi connectivity index (χ2n) is 15.5. The molecule has 0 unspecified atom stereocenters. The van der Waals surface area contributed by atoms with Gasteiger partial charge in [0, 0.05) is 30.3 Å². The average Bonchev–Trinajstić information content (AvgIpc) is 3.36. The Balaban J connectivity index is 1.07. The summed E-state index contributed by atoms with van der Waals surface area (Å²) in [6.45, 7) is 6.94. The highest BCUT2D eigenvalue weighted by atomic mass is 16.7. The number of rotatable bonds is 4. The predicted molar refractivity (Wildman–Crippen MR) is 153 cm³/mol. The fourth-order valence-corrected chi connectivity index (χ4v) is 11.1. The minimum atomic E-state index is -1.44. The quantitative estimate of drug-likeness (QED) is 0.259. The lowest BCUT2D eigenvalue weighted by Gasteiger charge is -2.60. The monoisotopic (exact) mass is 608 g/mol. The molecule has 6 fully saturated rings. The maximum absolute atomic E-state index is 12.6. The van der Waals surface area contributed by atoms with Crippen molar-refractivity contribution in [2.24, 2.45) is 40.4 Å². The molecule has 10 heteroatoms. The largest absolute Gasteiger partial charge is 0.396 e.